The molecule has 0 bridgehead atoms. The lowest BCUT2D eigenvalue weighted by Gasteiger charge is -2.07. The molecule has 28 heavy (non-hydrogen) atoms. The van der Waals surface area contributed by atoms with E-state index in [0.717, 1.165) is 5.56 Å². The molecular weight excluding hydrogens is 384 g/mol. The number of esters is 1. The van der Waals surface area contributed by atoms with E-state index in [1.165, 1.54) is 6.08 Å². The molecule has 1 heterocycles. The van der Waals surface area contributed by atoms with E-state index in [4.69, 9.17) is 30.3 Å². The van der Waals surface area contributed by atoms with Gasteiger partial charge in [0.25, 0.3) is 5.89 Å². The molecule has 1 aromatic heterocycles. The van der Waals surface area contributed by atoms with Crippen LogP contribution in [0.4, 0.5) is 0 Å². The Balaban J connectivity index is 1.60. The highest BCUT2D eigenvalue weighted by atomic mass is 35.5. The van der Waals surface area contributed by atoms with E-state index in [1.807, 2.05) is 0 Å². The van der Waals surface area contributed by atoms with E-state index in [1.54, 1.807) is 62.8 Å². The van der Waals surface area contributed by atoms with Gasteiger partial charge in [-0.1, -0.05) is 16.8 Å². The third kappa shape index (κ3) is 4.89. The number of hydrogen-bond donors (Lipinski definition) is 0. The lowest BCUT2D eigenvalue weighted by Crippen LogP contribution is -2.01. The highest BCUT2D eigenvalue weighted by Crippen LogP contribution is 2.25. The molecule has 3 rings (SSSR count). The summed E-state index contributed by atoms with van der Waals surface area (Å²) in [5.74, 6) is 1.27. The number of benzene rings is 2. The molecule has 144 valence electrons. The van der Waals surface area contributed by atoms with Crippen LogP contribution < -0.4 is 9.47 Å². The van der Waals surface area contributed by atoms with Crippen molar-refractivity contribution < 1.29 is 23.5 Å². The third-order valence-corrected chi connectivity index (χ3v) is 4.00. The van der Waals surface area contributed by atoms with Crippen molar-refractivity contribution in [2.45, 2.75) is 6.61 Å². The van der Waals surface area contributed by atoms with E-state index >= 15 is 0 Å². The molecule has 0 atom stereocenters. The summed E-state index contributed by atoms with van der Waals surface area (Å²) in [5, 5.41) is 4.47. The second-order valence-electron chi connectivity index (χ2n) is 5.57. The maximum absolute atomic E-state index is 12.0. The van der Waals surface area contributed by atoms with Gasteiger partial charge in [-0.15, -0.1) is 0 Å². The fourth-order valence-electron chi connectivity index (χ4n) is 2.34. The lowest BCUT2D eigenvalue weighted by molar-refractivity contribution is -0.139. The quantitative estimate of drug-likeness (QED) is 0.434. The number of hydrogen-bond acceptors (Lipinski definition) is 7. The van der Waals surface area contributed by atoms with Gasteiger partial charge < -0.3 is 18.7 Å². The normalized spacial score (nSPS) is 10.8. The summed E-state index contributed by atoms with van der Waals surface area (Å²) in [7, 11) is 3.11. The van der Waals surface area contributed by atoms with Crippen LogP contribution in [0.15, 0.2) is 53.1 Å². The van der Waals surface area contributed by atoms with Crippen molar-refractivity contribution in [3.63, 3.8) is 0 Å². The largest absolute Gasteiger partial charge is 0.497 e. The first-order valence-electron chi connectivity index (χ1n) is 8.24. The van der Waals surface area contributed by atoms with Gasteiger partial charge >= 0.3 is 5.97 Å². The van der Waals surface area contributed by atoms with Gasteiger partial charge in [0, 0.05) is 22.2 Å². The minimum Gasteiger partial charge on any atom is -0.497 e. The van der Waals surface area contributed by atoms with Crippen LogP contribution in [0.25, 0.3) is 17.5 Å². The van der Waals surface area contributed by atoms with Gasteiger partial charge in [0.15, 0.2) is 6.61 Å². The highest BCUT2D eigenvalue weighted by Gasteiger charge is 2.10. The second-order valence-corrected chi connectivity index (χ2v) is 6.00. The van der Waals surface area contributed by atoms with Crippen LogP contribution in [-0.2, 0) is 16.1 Å². The predicted octanol–water partition coefficient (Wildman–Crippen LogP) is 4.16. The van der Waals surface area contributed by atoms with Crippen molar-refractivity contribution in [3.05, 3.63) is 65.0 Å². The third-order valence-electron chi connectivity index (χ3n) is 3.74. The molecule has 0 spiro atoms. The van der Waals surface area contributed by atoms with Crippen LogP contribution in [0.2, 0.25) is 5.02 Å². The van der Waals surface area contributed by atoms with Crippen molar-refractivity contribution >= 4 is 23.6 Å². The number of halogens is 1. The van der Waals surface area contributed by atoms with Crippen molar-refractivity contribution in [2.24, 2.45) is 0 Å². The Labute approximate surface area is 166 Å². The monoisotopic (exact) mass is 400 g/mol. The first-order valence-corrected chi connectivity index (χ1v) is 8.62. The Morgan fingerprint density at radius 3 is 2.64 bits per heavy atom. The molecule has 0 unspecified atom stereocenters. The Morgan fingerprint density at radius 2 is 1.93 bits per heavy atom. The number of methoxy groups -OCH3 is 2. The molecule has 0 fully saturated rings. The highest BCUT2D eigenvalue weighted by molar-refractivity contribution is 6.30. The van der Waals surface area contributed by atoms with Crippen LogP contribution in [0.5, 0.6) is 11.5 Å². The average Bonchev–Trinajstić information content (AvgIpc) is 3.20. The van der Waals surface area contributed by atoms with Crippen LogP contribution in [-0.4, -0.2) is 30.3 Å². The van der Waals surface area contributed by atoms with Gasteiger partial charge in [-0.05, 0) is 48.5 Å². The van der Waals surface area contributed by atoms with Crippen LogP contribution in [0.3, 0.4) is 0 Å². The molecule has 0 saturated heterocycles. The standard InChI is InChI=1S/C20H17ClN2O5/c1-25-16-8-9-17(26-2)14(11-16)5-10-19(24)27-12-18-22-20(23-28-18)13-3-6-15(21)7-4-13/h3-11H,12H2,1-2H3/b10-5+. The van der Waals surface area contributed by atoms with Crippen molar-refractivity contribution in [3.8, 4) is 22.9 Å². The first kappa shape index (κ1) is 19.4. The molecule has 7 nitrogen and oxygen atoms in total. The molecule has 0 aliphatic carbocycles. The van der Waals surface area contributed by atoms with Gasteiger partial charge in [-0.25, -0.2) is 4.79 Å². The van der Waals surface area contributed by atoms with Gasteiger partial charge in [0.05, 0.1) is 14.2 Å². The second kappa shape index (κ2) is 9.05. The molecule has 8 heteroatoms. The van der Waals surface area contributed by atoms with E-state index in [9.17, 15) is 4.79 Å². The molecule has 0 amide bonds. The number of rotatable bonds is 7. The molecule has 0 aliphatic heterocycles. The van der Waals surface area contributed by atoms with Gasteiger partial charge in [0.2, 0.25) is 5.82 Å². The Hall–Kier alpha value is -3.32. The first-order chi connectivity index (χ1) is 13.6. The van der Waals surface area contributed by atoms with E-state index in [2.05, 4.69) is 10.1 Å². The molecular formula is C20H17ClN2O5. The van der Waals surface area contributed by atoms with E-state index in [-0.39, 0.29) is 12.5 Å². The summed E-state index contributed by atoms with van der Waals surface area (Å²) < 4.78 is 20.7. The zero-order valence-electron chi connectivity index (χ0n) is 15.2. The summed E-state index contributed by atoms with van der Waals surface area (Å²) in [6.45, 7) is -0.140. The number of aromatic nitrogens is 2. The summed E-state index contributed by atoms with van der Waals surface area (Å²) >= 11 is 5.86. The van der Waals surface area contributed by atoms with Crippen LogP contribution in [0, 0.1) is 0 Å². The lowest BCUT2D eigenvalue weighted by atomic mass is 10.1. The predicted molar refractivity (Wildman–Crippen MR) is 103 cm³/mol. The zero-order valence-corrected chi connectivity index (χ0v) is 16.0. The smallest absolute Gasteiger partial charge is 0.331 e. The Kier molecular flexibility index (Phi) is 6.29. The fraction of sp³-hybridized carbons (Fsp3) is 0.150. The van der Waals surface area contributed by atoms with E-state index in [0.29, 0.717) is 27.9 Å². The zero-order chi connectivity index (χ0) is 19.9. The van der Waals surface area contributed by atoms with Gasteiger partial charge in [0.1, 0.15) is 11.5 Å². The van der Waals surface area contributed by atoms with Gasteiger partial charge in [-0.3, -0.25) is 0 Å². The van der Waals surface area contributed by atoms with Gasteiger partial charge in [-0.2, -0.15) is 4.98 Å². The van der Waals surface area contributed by atoms with Crippen molar-refractivity contribution in [2.75, 3.05) is 14.2 Å². The summed E-state index contributed by atoms with van der Waals surface area (Å²) in [6.07, 6.45) is 2.87. The summed E-state index contributed by atoms with van der Waals surface area (Å²) in [5.41, 5.74) is 1.43. The molecule has 2 aromatic carbocycles. The Morgan fingerprint density at radius 1 is 1.14 bits per heavy atom. The molecule has 0 N–H and O–H groups in total. The number of carbonyl (C=O) groups excluding carboxylic acids is 1. The van der Waals surface area contributed by atoms with Crippen LogP contribution >= 0.6 is 11.6 Å². The maximum atomic E-state index is 12.0. The fourth-order valence-corrected chi connectivity index (χ4v) is 2.46. The van der Waals surface area contributed by atoms with E-state index < -0.39 is 5.97 Å². The van der Waals surface area contributed by atoms with Crippen molar-refractivity contribution in [1.29, 1.82) is 0 Å². The molecule has 0 saturated carbocycles. The summed E-state index contributed by atoms with van der Waals surface area (Å²) in [6, 6.07) is 12.3. The number of ether oxygens (including phenoxy) is 3. The number of carbonyl (C=O) groups is 1. The topological polar surface area (TPSA) is 83.7 Å². The Bertz CT molecular complexity index is 983. The molecule has 0 aliphatic rings. The number of nitrogens with zero attached hydrogens (tertiary/aromatic N) is 2. The van der Waals surface area contributed by atoms with Crippen molar-refractivity contribution in [1.82, 2.24) is 10.1 Å². The average molecular weight is 401 g/mol. The summed E-state index contributed by atoms with van der Waals surface area (Å²) in [4.78, 5) is 16.2. The maximum Gasteiger partial charge on any atom is 0.331 e. The minimum atomic E-state index is -0.559. The SMILES string of the molecule is COc1ccc(OC)c(/C=C/C(=O)OCc2nc(-c3ccc(Cl)cc3)no2)c1. The minimum absolute atomic E-state index is 0.140. The van der Waals surface area contributed by atoms with Crippen LogP contribution in [0.1, 0.15) is 11.5 Å². The molecule has 0 radical (unpaired) electrons. The molecule has 3 aromatic rings.